The molecule has 0 amide bonds. The normalized spacial score (nSPS) is 11.0. The first-order chi connectivity index (χ1) is 9.77. The lowest BCUT2D eigenvalue weighted by Gasteiger charge is -2.20. The Morgan fingerprint density at radius 3 is 2.33 bits per heavy atom. The molecule has 0 bridgehead atoms. The number of phenolic OH excluding ortho intramolecular Hbond substituents is 2. The van der Waals surface area contributed by atoms with Crippen LogP contribution in [0.2, 0.25) is 0 Å². The molecule has 1 rings (SSSR count). The van der Waals surface area contributed by atoms with Gasteiger partial charge in [0.2, 0.25) is 0 Å². The number of hydrogen-bond acceptors (Lipinski definition) is 6. The number of hydrogen-bond donors (Lipinski definition) is 2. The fraction of sp³-hybridized carbons (Fsp3) is 0.467. The largest absolute Gasteiger partial charge is 0.508 e. The van der Waals surface area contributed by atoms with Crippen LogP contribution in [0.15, 0.2) is 18.2 Å². The predicted octanol–water partition coefficient (Wildman–Crippen LogP) is 2.23. The van der Waals surface area contributed by atoms with E-state index in [0.717, 1.165) is 6.07 Å². The van der Waals surface area contributed by atoms with Gasteiger partial charge >= 0.3 is 11.9 Å². The van der Waals surface area contributed by atoms with Gasteiger partial charge in [-0.3, -0.25) is 4.79 Å². The monoisotopic (exact) mass is 296 g/mol. The molecule has 0 saturated carbocycles. The van der Waals surface area contributed by atoms with Crippen LogP contribution in [0.4, 0.5) is 0 Å². The molecule has 6 nitrogen and oxygen atoms in total. The SMILES string of the molecule is CCC(C)(C)C(=O)OCCOC(=O)c1ccc(O)cc1O. The van der Waals surface area contributed by atoms with E-state index in [4.69, 9.17) is 14.6 Å². The number of phenols is 2. The summed E-state index contributed by atoms with van der Waals surface area (Å²) in [6, 6.07) is 3.56. The van der Waals surface area contributed by atoms with Crippen LogP contribution >= 0.6 is 0 Å². The van der Waals surface area contributed by atoms with Crippen molar-refractivity contribution in [2.75, 3.05) is 13.2 Å². The molecular formula is C15H20O6. The Balaban J connectivity index is 2.43. The number of rotatable bonds is 6. The van der Waals surface area contributed by atoms with Crippen molar-refractivity contribution >= 4 is 11.9 Å². The second-order valence-electron chi connectivity index (χ2n) is 5.21. The summed E-state index contributed by atoms with van der Waals surface area (Å²) in [6.45, 7) is 5.28. The van der Waals surface area contributed by atoms with E-state index in [1.54, 1.807) is 13.8 Å². The fourth-order valence-corrected chi connectivity index (χ4v) is 1.38. The molecule has 0 unspecified atom stereocenters. The molecule has 0 aromatic heterocycles. The third-order valence-electron chi connectivity index (χ3n) is 3.19. The minimum absolute atomic E-state index is 0.0488. The Hall–Kier alpha value is -2.24. The van der Waals surface area contributed by atoms with Crippen molar-refractivity contribution in [2.45, 2.75) is 27.2 Å². The number of aromatic hydroxyl groups is 2. The van der Waals surface area contributed by atoms with Crippen molar-refractivity contribution < 1.29 is 29.3 Å². The average Bonchev–Trinajstić information content (AvgIpc) is 2.42. The highest BCUT2D eigenvalue weighted by Crippen LogP contribution is 2.23. The summed E-state index contributed by atoms with van der Waals surface area (Å²) in [7, 11) is 0. The van der Waals surface area contributed by atoms with Gasteiger partial charge in [-0.2, -0.15) is 0 Å². The summed E-state index contributed by atoms with van der Waals surface area (Å²) in [5.74, 6) is -1.63. The van der Waals surface area contributed by atoms with E-state index in [1.807, 2.05) is 6.92 Å². The summed E-state index contributed by atoms with van der Waals surface area (Å²) in [6.07, 6.45) is 0.646. The Morgan fingerprint density at radius 2 is 1.76 bits per heavy atom. The van der Waals surface area contributed by atoms with E-state index < -0.39 is 11.4 Å². The zero-order valence-corrected chi connectivity index (χ0v) is 12.4. The maximum Gasteiger partial charge on any atom is 0.342 e. The lowest BCUT2D eigenvalue weighted by atomic mass is 9.91. The third kappa shape index (κ3) is 4.66. The first-order valence-electron chi connectivity index (χ1n) is 6.64. The topological polar surface area (TPSA) is 93.1 Å². The molecule has 0 atom stereocenters. The number of carbonyl (C=O) groups excluding carboxylic acids is 2. The first-order valence-corrected chi connectivity index (χ1v) is 6.64. The minimum Gasteiger partial charge on any atom is -0.508 e. The highest BCUT2D eigenvalue weighted by atomic mass is 16.6. The van der Waals surface area contributed by atoms with Crippen molar-refractivity contribution in [1.82, 2.24) is 0 Å². The van der Waals surface area contributed by atoms with Crippen LogP contribution < -0.4 is 0 Å². The maximum absolute atomic E-state index is 11.7. The van der Waals surface area contributed by atoms with E-state index in [0.29, 0.717) is 6.42 Å². The van der Waals surface area contributed by atoms with Crippen LogP contribution in [-0.2, 0) is 14.3 Å². The molecule has 0 heterocycles. The molecular weight excluding hydrogens is 276 g/mol. The lowest BCUT2D eigenvalue weighted by Crippen LogP contribution is -2.27. The number of benzene rings is 1. The quantitative estimate of drug-likeness (QED) is 0.617. The molecule has 0 spiro atoms. The van der Waals surface area contributed by atoms with Crippen LogP contribution in [0.5, 0.6) is 11.5 Å². The zero-order chi connectivity index (χ0) is 16.0. The van der Waals surface area contributed by atoms with Gasteiger partial charge in [0, 0.05) is 6.07 Å². The van der Waals surface area contributed by atoms with Crippen molar-refractivity contribution in [3.8, 4) is 11.5 Å². The van der Waals surface area contributed by atoms with Crippen LogP contribution in [0.25, 0.3) is 0 Å². The number of esters is 2. The number of carbonyl (C=O) groups is 2. The molecule has 0 aliphatic carbocycles. The number of ether oxygens (including phenoxy) is 2. The molecule has 2 N–H and O–H groups in total. The van der Waals surface area contributed by atoms with Crippen LogP contribution in [0, 0.1) is 5.41 Å². The van der Waals surface area contributed by atoms with E-state index in [-0.39, 0.29) is 36.2 Å². The Bertz CT molecular complexity index is 521. The van der Waals surface area contributed by atoms with Gasteiger partial charge in [-0.25, -0.2) is 4.79 Å². The van der Waals surface area contributed by atoms with Crippen LogP contribution in [0.3, 0.4) is 0 Å². The second kappa shape index (κ2) is 6.97. The molecule has 0 aliphatic heterocycles. The van der Waals surface area contributed by atoms with E-state index in [1.165, 1.54) is 12.1 Å². The molecule has 0 aliphatic rings. The first kappa shape index (κ1) is 16.8. The molecule has 0 fully saturated rings. The summed E-state index contributed by atoms with van der Waals surface area (Å²) in [5, 5.41) is 18.6. The molecule has 1 aromatic rings. The van der Waals surface area contributed by atoms with Gasteiger partial charge in [0.1, 0.15) is 30.3 Å². The minimum atomic E-state index is -0.752. The summed E-state index contributed by atoms with van der Waals surface area (Å²) in [5.41, 5.74) is -0.632. The summed E-state index contributed by atoms with van der Waals surface area (Å²) in [4.78, 5) is 23.3. The molecule has 0 saturated heterocycles. The predicted molar refractivity (Wildman–Crippen MR) is 75.1 cm³/mol. The van der Waals surface area contributed by atoms with Gasteiger partial charge in [0.25, 0.3) is 0 Å². The van der Waals surface area contributed by atoms with Gasteiger partial charge in [0.05, 0.1) is 5.41 Å². The smallest absolute Gasteiger partial charge is 0.342 e. The van der Waals surface area contributed by atoms with Gasteiger partial charge in [-0.15, -0.1) is 0 Å². The summed E-state index contributed by atoms with van der Waals surface area (Å²) >= 11 is 0. The van der Waals surface area contributed by atoms with E-state index in [2.05, 4.69) is 0 Å². The summed E-state index contributed by atoms with van der Waals surface area (Å²) < 4.78 is 9.90. The molecule has 1 aromatic carbocycles. The molecule has 6 heteroatoms. The Morgan fingerprint density at radius 1 is 1.14 bits per heavy atom. The standard InChI is InChI=1S/C15H20O6/c1-4-15(2,3)14(19)21-8-7-20-13(18)11-6-5-10(16)9-12(11)17/h5-6,9,16-17H,4,7-8H2,1-3H3. The van der Waals surface area contributed by atoms with Crippen molar-refractivity contribution in [3.05, 3.63) is 23.8 Å². The van der Waals surface area contributed by atoms with Gasteiger partial charge in [0.15, 0.2) is 0 Å². The molecule has 21 heavy (non-hydrogen) atoms. The Kier molecular flexibility index (Phi) is 5.58. The second-order valence-corrected chi connectivity index (χ2v) is 5.21. The van der Waals surface area contributed by atoms with Crippen molar-refractivity contribution in [1.29, 1.82) is 0 Å². The van der Waals surface area contributed by atoms with Gasteiger partial charge in [-0.1, -0.05) is 6.92 Å². The third-order valence-corrected chi connectivity index (χ3v) is 3.19. The zero-order valence-electron chi connectivity index (χ0n) is 12.4. The van der Waals surface area contributed by atoms with E-state index in [9.17, 15) is 14.7 Å². The Labute approximate surface area is 123 Å². The maximum atomic E-state index is 11.7. The van der Waals surface area contributed by atoms with Crippen molar-refractivity contribution in [2.24, 2.45) is 5.41 Å². The van der Waals surface area contributed by atoms with Crippen LogP contribution in [0.1, 0.15) is 37.6 Å². The molecule has 0 radical (unpaired) electrons. The lowest BCUT2D eigenvalue weighted by molar-refractivity contribution is -0.155. The average molecular weight is 296 g/mol. The molecule has 116 valence electrons. The fourth-order valence-electron chi connectivity index (χ4n) is 1.38. The highest BCUT2D eigenvalue weighted by molar-refractivity contribution is 5.92. The van der Waals surface area contributed by atoms with Gasteiger partial charge in [-0.05, 0) is 32.4 Å². The van der Waals surface area contributed by atoms with E-state index >= 15 is 0 Å². The van der Waals surface area contributed by atoms with Gasteiger partial charge < -0.3 is 19.7 Å². The van der Waals surface area contributed by atoms with Crippen molar-refractivity contribution in [3.63, 3.8) is 0 Å². The highest BCUT2D eigenvalue weighted by Gasteiger charge is 2.26. The van der Waals surface area contributed by atoms with Crippen LogP contribution in [-0.4, -0.2) is 35.4 Å².